The lowest BCUT2D eigenvalue weighted by Crippen LogP contribution is -2.53. The number of benzene rings is 2. The van der Waals surface area contributed by atoms with Gasteiger partial charge in [-0.05, 0) is 17.5 Å². The molecule has 0 aliphatic rings. The van der Waals surface area contributed by atoms with Gasteiger partial charge in [0.25, 0.3) is 0 Å². The van der Waals surface area contributed by atoms with Crippen LogP contribution in [0.3, 0.4) is 0 Å². The number of rotatable bonds is 14. The first kappa shape index (κ1) is 29.3. The van der Waals surface area contributed by atoms with Crippen LogP contribution < -0.4 is 21.7 Å². The zero-order valence-corrected chi connectivity index (χ0v) is 20.9. The molecule has 4 amide bonds. The van der Waals surface area contributed by atoms with E-state index >= 15 is 0 Å². The standard InChI is InChI=1S/C25H30N4O7S/c26-19(11-12-21(30)29-25(35)36-14-17-7-3-1-4-8-17)23(33)28-20(24(34)27-13-22(31)32)16-37-15-18-9-5-2-6-10-18/h1-10,19-20H,11-16,26H2,(H,27,34)(H,28,33)(H,31,32)(H,29,30,35)/t19-,20+/m0/s1. The molecular formula is C25H30N4O7S. The Morgan fingerprint density at radius 1 is 0.919 bits per heavy atom. The zero-order chi connectivity index (χ0) is 27.0. The number of carboxylic acid groups (broad SMARTS) is 1. The summed E-state index contributed by atoms with van der Waals surface area (Å²) in [7, 11) is 0. The van der Waals surface area contributed by atoms with Crippen LogP contribution in [0.15, 0.2) is 60.7 Å². The molecule has 0 heterocycles. The van der Waals surface area contributed by atoms with Crippen molar-refractivity contribution in [2.45, 2.75) is 37.3 Å². The molecule has 198 valence electrons. The smallest absolute Gasteiger partial charge is 0.414 e. The van der Waals surface area contributed by atoms with Crippen molar-refractivity contribution in [1.82, 2.24) is 16.0 Å². The van der Waals surface area contributed by atoms with Crippen LogP contribution in [0, 0.1) is 0 Å². The molecule has 6 N–H and O–H groups in total. The third-order valence-corrected chi connectivity index (χ3v) is 6.02. The van der Waals surface area contributed by atoms with Gasteiger partial charge in [-0.1, -0.05) is 60.7 Å². The molecule has 0 aliphatic heterocycles. The molecular weight excluding hydrogens is 500 g/mol. The second-order valence-corrected chi connectivity index (χ2v) is 8.96. The van der Waals surface area contributed by atoms with Gasteiger partial charge in [0.1, 0.15) is 19.2 Å². The summed E-state index contributed by atoms with van der Waals surface area (Å²) in [4.78, 5) is 59.6. The van der Waals surface area contributed by atoms with E-state index in [-0.39, 0.29) is 25.2 Å². The number of imide groups is 1. The van der Waals surface area contributed by atoms with Gasteiger partial charge in [-0.25, -0.2) is 4.79 Å². The third kappa shape index (κ3) is 12.1. The number of nitrogens with one attached hydrogen (secondary N) is 3. The molecule has 2 atom stereocenters. The van der Waals surface area contributed by atoms with Gasteiger partial charge in [0.15, 0.2) is 0 Å². The third-order valence-electron chi connectivity index (χ3n) is 4.92. The van der Waals surface area contributed by atoms with E-state index in [9.17, 15) is 24.0 Å². The van der Waals surface area contributed by atoms with Crippen LogP contribution >= 0.6 is 11.8 Å². The van der Waals surface area contributed by atoms with E-state index < -0.39 is 48.4 Å². The average molecular weight is 531 g/mol. The van der Waals surface area contributed by atoms with E-state index in [2.05, 4.69) is 16.0 Å². The Morgan fingerprint density at radius 3 is 2.16 bits per heavy atom. The van der Waals surface area contributed by atoms with E-state index in [0.717, 1.165) is 11.1 Å². The van der Waals surface area contributed by atoms with Crippen molar-refractivity contribution in [3.05, 3.63) is 71.8 Å². The van der Waals surface area contributed by atoms with Gasteiger partial charge in [-0.15, -0.1) is 0 Å². The normalized spacial score (nSPS) is 12.0. The lowest BCUT2D eigenvalue weighted by Gasteiger charge is -2.20. The molecule has 0 unspecified atom stereocenters. The summed E-state index contributed by atoms with van der Waals surface area (Å²) < 4.78 is 4.97. The number of thioether (sulfide) groups is 1. The number of hydrogen-bond acceptors (Lipinski definition) is 8. The molecule has 2 rings (SSSR count). The molecule has 2 aromatic carbocycles. The van der Waals surface area contributed by atoms with Crippen molar-refractivity contribution in [1.29, 1.82) is 0 Å². The summed E-state index contributed by atoms with van der Waals surface area (Å²) in [6.45, 7) is -0.601. The fourth-order valence-corrected chi connectivity index (χ4v) is 3.99. The first-order valence-electron chi connectivity index (χ1n) is 11.4. The minimum Gasteiger partial charge on any atom is -0.480 e. The van der Waals surface area contributed by atoms with Crippen molar-refractivity contribution in [3.63, 3.8) is 0 Å². The highest BCUT2D eigenvalue weighted by Gasteiger charge is 2.25. The molecule has 0 bridgehead atoms. The number of ether oxygens (including phenoxy) is 1. The molecule has 0 fully saturated rings. The van der Waals surface area contributed by atoms with E-state index in [1.54, 1.807) is 24.3 Å². The van der Waals surface area contributed by atoms with Crippen molar-refractivity contribution in [2.75, 3.05) is 12.3 Å². The first-order valence-corrected chi connectivity index (χ1v) is 12.6. The van der Waals surface area contributed by atoms with E-state index in [1.165, 1.54) is 11.8 Å². The van der Waals surface area contributed by atoms with Gasteiger partial charge in [0, 0.05) is 17.9 Å². The second kappa shape index (κ2) is 16.0. The van der Waals surface area contributed by atoms with Gasteiger partial charge in [-0.2, -0.15) is 11.8 Å². The Kier molecular flexibility index (Phi) is 12.7. The fraction of sp³-hybridized carbons (Fsp3) is 0.320. The molecule has 12 heteroatoms. The number of carboxylic acids is 1. The summed E-state index contributed by atoms with van der Waals surface area (Å²) in [6, 6.07) is 16.2. The van der Waals surface area contributed by atoms with Crippen molar-refractivity contribution in [2.24, 2.45) is 5.73 Å². The number of amides is 4. The van der Waals surface area contributed by atoms with Crippen LogP contribution in [-0.4, -0.2) is 59.3 Å². The number of carbonyl (C=O) groups is 5. The predicted molar refractivity (Wildman–Crippen MR) is 137 cm³/mol. The number of alkyl carbamates (subject to hydrolysis) is 1. The maximum Gasteiger partial charge on any atom is 0.414 e. The minimum atomic E-state index is -1.22. The molecule has 2 aromatic rings. The number of aliphatic carboxylic acids is 1. The van der Waals surface area contributed by atoms with Gasteiger partial charge in [0.2, 0.25) is 17.7 Å². The topological polar surface area (TPSA) is 177 Å². The van der Waals surface area contributed by atoms with Gasteiger partial charge >= 0.3 is 12.1 Å². The Labute approximate surface area is 218 Å². The number of carbonyl (C=O) groups excluding carboxylic acids is 4. The SMILES string of the molecule is N[C@@H](CCC(=O)NC(=O)OCc1ccccc1)C(=O)N[C@H](CSCc1ccccc1)C(=O)NCC(=O)O. The van der Waals surface area contributed by atoms with E-state index in [4.69, 9.17) is 15.6 Å². The maximum absolute atomic E-state index is 12.6. The highest BCUT2D eigenvalue weighted by Crippen LogP contribution is 2.13. The molecule has 0 saturated carbocycles. The Morgan fingerprint density at radius 2 is 1.54 bits per heavy atom. The predicted octanol–water partition coefficient (Wildman–Crippen LogP) is 1.17. The van der Waals surface area contributed by atoms with Crippen LogP contribution in [0.1, 0.15) is 24.0 Å². The van der Waals surface area contributed by atoms with Crippen LogP contribution in [0.4, 0.5) is 4.79 Å². The lowest BCUT2D eigenvalue weighted by atomic mass is 10.1. The highest BCUT2D eigenvalue weighted by molar-refractivity contribution is 7.98. The monoisotopic (exact) mass is 530 g/mol. The van der Waals surface area contributed by atoms with Gasteiger partial charge < -0.3 is 26.2 Å². The minimum absolute atomic E-state index is 0.00448. The summed E-state index contributed by atoms with van der Waals surface area (Å²) in [5.41, 5.74) is 7.66. The van der Waals surface area contributed by atoms with Crippen molar-refractivity contribution in [3.8, 4) is 0 Å². The lowest BCUT2D eigenvalue weighted by molar-refractivity contribution is -0.138. The van der Waals surface area contributed by atoms with E-state index in [1.807, 2.05) is 36.4 Å². The zero-order valence-electron chi connectivity index (χ0n) is 20.1. The maximum atomic E-state index is 12.6. The molecule has 0 spiro atoms. The highest BCUT2D eigenvalue weighted by atomic mass is 32.2. The number of nitrogens with two attached hydrogens (primary N) is 1. The Bertz CT molecular complexity index is 1050. The summed E-state index contributed by atoms with van der Waals surface area (Å²) in [5, 5.41) is 15.6. The summed E-state index contributed by atoms with van der Waals surface area (Å²) in [5.74, 6) is -2.49. The molecule has 0 radical (unpaired) electrons. The molecule has 0 aromatic heterocycles. The summed E-state index contributed by atoms with van der Waals surface area (Å²) >= 11 is 1.38. The summed E-state index contributed by atoms with van der Waals surface area (Å²) in [6.07, 6.45) is -1.24. The quantitative estimate of drug-likeness (QED) is 0.240. The Balaban J connectivity index is 1.79. The largest absolute Gasteiger partial charge is 0.480 e. The second-order valence-electron chi connectivity index (χ2n) is 7.93. The van der Waals surface area contributed by atoms with Crippen LogP contribution in [0.25, 0.3) is 0 Å². The van der Waals surface area contributed by atoms with Crippen LogP contribution in [0.5, 0.6) is 0 Å². The molecule has 0 aliphatic carbocycles. The Hall–Kier alpha value is -3.90. The molecule has 0 saturated heterocycles. The van der Waals surface area contributed by atoms with Crippen LogP contribution in [-0.2, 0) is 36.3 Å². The van der Waals surface area contributed by atoms with Gasteiger partial charge in [0.05, 0.1) is 6.04 Å². The molecule has 37 heavy (non-hydrogen) atoms. The first-order chi connectivity index (χ1) is 17.7. The van der Waals surface area contributed by atoms with Gasteiger partial charge in [-0.3, -0.25) is 24.5 Å². The fourth-order valence-electron chi connectivity index (χ4n) is 2.97. The van der Waals surface area contributed by atoms with Crippen molar-refractivity contribution < 1.29 is 33.8 Å². The number of hydrogen-bond donors (Lipinski definition) is 5. The molecule has 11 nitrogen and oxygen atoms in total. The van der Waals surface area contributed by atoms with Crippen molar-refractivity contribution >= 4 is 41.5 Å². The van der Waals surface area contributed by atoms with E-state index in [0.29, 0.717) is 5.75 Å². The van der Waals surface area contributed by atoms with Crippen LogP contribution in [0.2, 0.25) is 0 Å². The average Bonchev–Trinajstić information content (AvgIpc) is 2.89.